The fourth-order valence-corrected chi connectivity index (χ4v) is 2.62. The first kappa shape index (κ1) is 19.4. The van der Waals surface area contributed by atoms with E-state index in [2.05, 4.69) is 10.6 Å². The number of rotatable bonds is 5. The second-order valence-electron chi connectivity index (χ2n) is 5.84. The van der Waals surface area contributed by atoms with Crippen LogP contribution in [0.1, 0.15) is 20.7 Å². The van der Waals surface area contributed by atoms with Crippen molar-refractivity contribution in [1.29, 1.82) is 0 Å². The number of hydrogen-bond donors (Lipinski definition) is 2. The minimum atomic E-state index is -0.669. The molecule has 142 valence electrons. The first-order valence-electron chi connectivity index (χ1n) is 8.28. The van der Waals surface area contributed by atoms with Crippen molar-refractivity contribution < 1.29 is 18.7 Å². The van der Waals surface area contributed by atoms with E-state index in [1.807, 2.05) is 0 Å². The smallest absolute Gasteiger partial charge is 0.258 e. The SMILES string of the molecule is COc1ccc(NC(=O)c2ccc(NC(=O)c3cc(Cl)ccc3F)cc2)cc1. The summed E-state index contributed by atoms with van der Waals surface area (Å²) < 4.78 is 18.8. The molecule has 5 nitrogen and oxygen atoms in total. The number of methoxy groups -OCH3 is 1. The maximum atomic E-state index is 13.8. The average molecular weight is 399 g/mol. The van der Waals surface area contributed by atoms with Crippen molar-refractivity contribution in [3.05, 3.63) is 88.7 Å². The van der Waals surface area contributed by atoms with Crippen LogP contribution in [0, 0.1) is 5.82 Å². The molecular weight excluding hydrogens is 383 g/mol. The first-order chi connectivity index (χ1) is 13.5. The van der Waals surface area contributed by atoms with Gasteiger partial charge in [-0.05, 0) is 66.7 Å². The molecule has 2 N–H and O–H groups in total. The van der Waals surface area contributed by atoms with E-state index in [1.165, 1.54) is 12.1 Å². The van der Waals surface area contributed by atoms with Crippen molar-refractivity contribution in [3.63, 3.8) is 0 Å². The standard InChI is InChI=1S/C21H16ClFN2O3/c1-28-17-9-7-16(8-10-17)24-20(26)13-2-5-15(6-3-13)25-21(27)18-12-14(22)4-11-19(18)23/h2-12H,1H3,(H,24,26)(H,25,27). The normalized spacial score (nSPS) is 10.2. The summed E-state index contributed by atoms with van der Waals surface area (Å²) in [5.74, 6) is -0.911. The topological polar surface area (TPSA) is 67.4 Å². The van der Waals surface area contributed by atoms with Crippen molar-refractivity contribution in [3.8, 4) is 5.75 Å². The van der Waals surface area contributed by atoms with Crippen molar-refractivity contribution in [1.82, 2.24) is 0 Å². The Morgan fingerprint density at radius 3 is 2.04 bits per heavy atom. The molecule has 0 saturated heterocycles. The van der Waals surface area contributed by atoms with Crippen LogP contribution in [-0.2, 0) is 0 Å². The molecule has 3 aromatic carbocycles. The van der Waals surface area contributed by atoms with Gasteiger partial charge in [0.25, 0.3) is 11.8 Å². The monoisotopic (exact) mass is 398 g/mol. The Bertz CT molecular complexity index is 1010. The molecule has 0 aliphatic heterocycles. The second-order valence-corrected chi connectivity index (χ2v) is 6.27. The van der Waals surface area contributed by atoms with Gasteiger partial charge in [-0.3, -0.25) is 9.59 Å². The lowest BCUT2D eigenvalue weighted by molar-refractivity contribution is 0.101. The van der Waals surface area contributed by atoms with Crippen molar-refractivity contribution >= 4 is 34.8 Å². The summed E-state index contributed by atoms with van der Waals surface area (Å²) in [5.41, 5.74) is 1.29. The molecule has 0 radical (unpaired) electrons. The van der Waals surface area contributed by atoms with Crippen molar-refractivity contribution in [2.75, 3.05) is 17.7 Å². The first-order valence-corrected chi connectivity index (χ1v) is 8.66. The summed E-state index contributed by atoms with van der Waals surface area (Å²) >= 11 is 5.80. The zero-order valence-corrected chi connectivity index (χ0v) is 15.6. The van der Waals surface area contributed by atoms with E-state index in [0.29, 0.717) is 22.7 Å². The Hall–Kier alpha value is -3.38. The molecule has 0 spiro atoms. The number of hydrogen-bond acceptors (Lipinski definition) is 3. The molecule has 0 fully saturated rings. The van der Waals surface area contributed by atoms with Crippen LogP contribution in [0.2, 0.25) is 5.02 Å². The van der Waals surface area contributed by atoms with Gasteiger partial charge in [-0.2, -0.15) is 0 Å². The van der Waals surface area contributed by atoms with Gasteiger partial charge >= 0.3 is 0 Å². The van der Waals surface area contributed by atoms with Crippen LogP contribution in [-0.4, -0.2) is 18.9 Å². The van der Waals surface area contributed by atoms with Gasteiger partial charge in [0.05, 0.1) is 12.7 Å². The maximum absolute atomic E-state index is 13.8. The fourth-order valence-electron chi connectivity index (χ4n) is 2.45. The van der Waals surface area contributed by atoms with Crippen molar-refractivity contribution in [2.45, 2.75) is 0 Å². The summed E-state index contributed by atoms with van der Waals surface area (Å²) in [6.45, 7) is 0. The van der Waals surface area contributed by atoms with Crippen LogP contribution in [0.15, 0.2) is 66.7 Å². The van der Waals surface area contributed by atoms with Gasteiger partial charge in [0.1, 0.15) is 11.6 Å². The number of anilines is 2. The van der Waals surface area contributed by atoms with Crippen LogP contribution in [0.25, 0.3) is 0 Å². The van der Waals surface area contributed by atoms with Crippen LogP contribution in [0.4, 0.5) is 15.8 Å². The zero-order valence-electron chi connectivity index (χ0n) is 14.8. The lowest BCUT2D eigenvalue weighted by Crippen LogP contribution is -2.14. The summed E-state index contributed by atoms with van der Waals surface area (Å²) in [4.78, 5) is 24.5. The van der Waals surface area contributed by atoms with Gasteiger partial charge in [0.15, 0.2) is 0 Å². The Balaban J connectivity index is 1.66. The Kier molecular flexibility index (Phi) is 5.91. The van der Waals surface area contributed by atoms with E-state index in [1.54, 1.807) is 55.6 Å². The average Bonchev–Trinajstić information content (AvgIpc) is 2.70. The van der Waals surface area contributed by atoms with E-state index >= 15 is 0 Å². The number of carbonyl (C=O) groups excluding carboxylic acids is 2. The van der Waals surface area contributed by atoms with Gasteiger partial charge in [-0.1, -0.05) is 11.6 Å². The van der Waals surface area contributed by atoms with Gasteiger partial charge in [0.2, 0.25) is 0 Å². The number of ether oxygens (including phenoxy) is 1. The molecule has 3 rings (SSSR count). The third-order valence-corrected chi connectivity index (χ3v) is 4.16. The number of nitrogens with one attached hydrogen (secondary N) is 2. The van der Waals surface area contributed by atoms with Gasteiger partial charge in [-0.25, -0.2) is 4.39 Å². The summed E-state index contributed by atoms with van der Waals surface area (Å²) in [7, 11) is 1.56. The molecule has 7 heteroatoms. The Morgan fingerprint density at radius 1 is 0.857 bits per heavy atom. The largest absolute Gasteiger partial charge is 0.497 e. The predicted molar refractivity (Wildman–Crippen MR) is 107 cm³/mol. The molecule has 0 atom stereocenters. The number of halogens is 2. The van der Waals surface area contributed by atoms with Crippen LogP contribution in [0.3, 0.4) is 0 Å². The highest BCUT2D eigenvalue weighted by molar-refractivity contribution is 6.31. The Labute approximate surface area is 166 Å². The zero-order chi connectivity index (χ0) is 20.1. The van der Waals surface area contributed by atoms with E-state index in [0.717, 1.165) is 6.07 Å². The predicted octanol–water partition coefficient (Wildman–Crippen LogP) is 4.99. The molecule has 2 amide bonds. The molecule has 0 aromatic heterocycles. The lowest BCUT2D eigenvalue weighted by Gasteiger charge is -2.09. The molecule has 0 unspecified atom stereocenters. The quantitative estimate of drug-likeness (QED) is 0.636. The van der Waals surface area contributed by atoms with Gasteiger partial charge in [-0.15, -0.1) is 0 Å². The van der Waals surface area contributed by atoms with Crippen LogP contribution in [0.5, 0.6) is 5.75 Å². The molecule has 0 bridgehead atoms. The number of amides is 2. The fraction of sp³-hybridized carbons (Fsp3) is 0.0476. The third-order valence-electron chi connectivity index (χ3n) is 3.93. The molecule has 0 heterocycles. The highest BCUT2D eigenvalue weighted by Crippen LogP contribution is 2.19. The minimum absolute atomic E-state index is 0.158. The summed E-state index contributed by atoms with van der Waals surface area (Å²) in [6.07, 6.45) is 0. The van der Waals surface area contributed by atoms with Crippen molar-refractivity contribution in [2.24, 2.45) is 0 Å². The summed E-state index contributed by atoms with van der Waals surface area (Å²) in [5, 5.41) is 5.60. The van der Waals surface area contributed by atoms with Crippen LogP contribution < -0.4 is 15.4 Å². The molecular formula is C21H16ClFN2O3. The van der Waals surface area contributed by atoms with Crippen LogP contribution >= 0.6 is 11.6 Å². The van der Waals surface area contributed by atoms with E-state index < -0.39 is 11.7 Å². The van der Waals surface area contributed by atoms with Gasteiger partial charge < -0.3 is 15.4 Å². The number of benzene rings is 3. The van der Waals surface area contributed by atoms with Gasteiger partial charge in [0, 0.05) is 22.0 Å². The maximum Gasteiger partial charge on any atom is 0.258 e. The summed E-state index contributed by atoms with van der Waals surface area (Å²) in [6, 6.07) is 16.9. The van der Waals surface area contributed by atoms with E-state index in [9.17, 15) is 14.0 Å². The molecule has 3 aromatic rings. The minimum Gasteiger partial charge on any atom is -0.497 e. The molecule has 0 aliphatic carbocycles. The number of carbonyl (C=O) groups is 2. The molecule has 0 aliphatic rings. The highest BCUT2D eigenvalue weighted by atomic mass is 35.5. The third kappa shape index (κ3) is 4.66. The lowest BCUT2D eigenvalue weighted by atomic mass is 10.1. The molecule has 28 heavy (non-hydrogen) atoms. The van der Waals surface area contributed by atoms with E-state index in [-0.39, 0.29) is 16.5 Å². The van der Waals surface area contributed by atoms with E-state index in [4.69, 9.17) is 16.3 Å². The Morgan fingerprint density at radius 2 is 1.43 bits per heavy atom. The highest BCUT2D eigenvalue weighted by Gasteiger charge is 2.13. The second kappa shape index (κ2) is 8.54. The molecule has 0 saturated carbocycles.